The van der Waals surface area contributed by atoms with E-state index in [0.717, 1.165) is 28.1 Å². The fraction of sp³-hybridized carbons (Fsp3) is 0. The first-order valence-corrected chi connectivity index (χ1v) is 8.50. The van der Waals surface area contributed by atoms with E-state index in [1.54, 1.807) is 0 Å². The number of amidine groups is 1. The van der Waals surface area contributed by atoms with Crippen LogP contribution in [-0.4, -0.2) is 11.5 Å². The average molecular weight is 366 g/mol. The van der Waals surface area contributed by atoms with Gasteiger partial charge in [0.25, 0.3) is 0 Å². The van der Waals surface area contributed by atoms with Crippen LogP contribution in [0, 0.1) is 0 Å². The lowest BCUT2D eigenvalue weighted by molar-refractivity contribution is 1.03. The van der Waals surface area contributed by atoms with Gasteiger partial charge >= 0.3 is 0 Å². The molecule has 0 aromatic heterocycles. The molecule has 0 radical (unpaired) electrons. The highest BCUT2D eigenvalue weighted by atomic mass is 35.5. The van der Waals surface area contributed by atoms with Gasteiger partial charge in [-0.2, -0.15) is 5.10 Å². The molecule has 0 bridgehead atoms. The largest absolute Gasteiger partial charge is 0.260 e. The molecule has 0 saturated heterocycles. The van der Waals surface area contributed by atoms with E-state index >= 15 is 0 Å². The van der Waals surface area contributed by atoms with Crippen LogP contribution in [0.15, 0.2) is 82.9 Å². The maximum Gasteiger partial charge on any atom is 0.154 e. The van der Waals surface area contributed by atoms with E-state index in [0.29, 0.717) is 15.9 Å². The van der Waals surface area contributed by atoms with Gasteiger partial charge in [-0.1, -0.05) is 53.5 Å². The summed E-state index contributed by atoms with van der Waals surface area (Å²) in [5.41, 5.74) is 7.61. The van der Waals surface area contributed by atoms with Gasteiger partial charge in [0, 0.05) is 26.7 Å². The Hall–Kier alpha value is -2.62. The maximum absolute atomic E-state index is 6.01. The zero-order chi connectivity index (χ0) is 17.2. The van der Waals surface area contributed by atoms with Crippen molar-refractivity contribution in [2.24, 2.45) is 10.1 Å². The molecule has 25 heavy (non-hydrogen) atoms. The molecule has 0 aliphatic carbocycles. The third-order valence-corrected chi connectivity index (χ3v) is 4.40. The van der Waals surface area contributed by atoms with Crippen molar-refractivity contribution in [2.75, 3.05) is 0 Å². The number of nitrogens with zero attached hydrogens (tertiary/aromatic N) is 2. The van der Waals surface area contributed by atoms with E-state index in [1.807, 2.05) is 72.8 Å². The molecule has 0 atom stereocenters. The summed E-state index contributed by atoms with van der Waals surface area (Å²) in [6, 6.07) is 23.0. The van der Waals surface area contributed by atoms with Crippen LogP contribution in [0.4, 0.5) is 5.69 Å². The summed E-state index contributed by atoms with van der Waals surface area (Å²) in [6.07, 6.45) is 0. The summed E-state index contributed by atoms with van der Waals surface area (Å²) in [5, 5.41) is 5.98. The number of hydrogen-bond donors (Lipinski definition) is 1. The second kappa shape index (κ2) is 6.71. The van der Waals surface area contributed by atoms with Gasteiger partial charge in [0.15, 0.2) is 5.84 Å². The summed E-state index contributed by atoms with van der Waals surface area (Å²) in [4.78, 5) is 4.75. The number of para-hydroxylation sites is 1. The average Bonchev–Trinajstić information content (AvgIpc) is 2.83. The number of halogens is 2. The zero-order valence-electron chi connectivity index (χ0n) is 13.1. The highest BCUT2D eigenvalue weighted by Crippen LogP contribution is 2.26. The van der Waals surface area contributed by atoms with E-state index in [2.05, 4.69) is 10.5 Å². The molecule has 0 amide bonds. The molecule has 3 aromatic rings. The first-order valence-electron chi connectivity index (χ1n) is 7.74. The smallest absolute Gasteiger partial charge is 0.154 e. The maximum atomic E-state index is 6.01. The molecule has 122 valence electrons. The van der Waals surface area contributed by atoms with Crippen LogP contribution in [0.3, 0.4) is 0 Å². The number of fused-ring (bicyclic) bond motifs is 1. The molecule has 4 rings (SSSR count). The molecule has 1 N–H and O–H groups in total. The number of benzene rings is 3. The van der Waals surface area contributed by atoms with Crippen LogP contribution in [0.1, 0.15) is 16.7 Å². The third kappa shape index (κ3) is 3.29. The molecular weight excluding hydrogens is 353 g/mol. The Bertz CT molecular complexity index is 975. The van der Waals surface area contributed by atoms with Crippen LogP contribution in [-0.2, 0) is 0 Å². The Kier molecular flexibility index (Phi) is 4.26. The number of hydrogen-bond acceptors (Lipinski definition) is 3. The Morgan fingerprint density at radius 1 is 0.680 bits per heavy atom. The zero-order valence-corrected chi connectivity index (χ0v) is 14.6. The van der Waals surface area contributed by atoms with Gasteiger partial charge in [0.1, 0.15) is 0 Å². The number of rotatable bonds is 2. The Balaban J connectivity index is 1.83. The van der Waals surface area contributed by atoms with Crippen molar-refractivity contribution in [3.8, 4) is 0 Å². The summed E-state index contributed by atoms with van der Waals surface area (Å²) in [6.45, 7) is 0. The van der Waals surface area contributed by atoms with Gasteiger partial charge in [-0.25, -0.2) is 4.99 Å². The summed E-state index contributed by atoms with van der Waals surface area (Å²) >= 11 is 12.0. The van der Waals surface area contributed by atoms with Crippen LogP contribution in [0.5, 0.6) is 0 Å². The lowest BCUT2D eigenvalue weighted by Crippen LogP contribution is -2.19. The van der Waals surface area contributed by atoms with Crippen molar-refractivity contribution in [3.05, 3.63) is 99.5 Å². The van der Waals surface area contributed by atoms with Crippen molar-refractivity contribution in [2.45, 2.75) is 0 Å². The van der Waals surface area contributed by atoms with Crippen molar-refractivity contribution < 1.29 is 0 Å². The summed E-state index contributed by atoms with van der Waals surface area (Å²) in [7, 11) is 0. The number of nitrogens with one attached hydrogen (secondary N) is 1. The molecule has 1 aliphatic heterocycles. The molecule has 0 saturated carbocycles. The van der Waals surface area contributed by atoms with E-state index < -0.39 is 0 Å². The predicted molar refractivity (Wildman–Crippen MR) is 104 cm³/mol. The van der Waals surface area contributed by atoms with Gasteiger partial charge in [-0.15, -0.1) is 0 Å². The SMILES string of the molecule is Clc1ccc(C2=Nc3ccccc3C(c3ccc(Cl)cc3)=NN2)cc1. The molecule has 0 spiro atoms. The van der Waals surface area contributed by atoms with Gasteiger partial charge in [0.2, 0.25) is 0 Å². The first kappa shape index (κ1) is 15.9. The van der Waals surface area contributed by atoms with Crippen LogP contribution >= 0.6 is 23.2 Å². The second-order valence-corrected chi connectivity index (χ2v) is 6.44. The Morgan fingerprint density at radius 3 is 1.96 bits per heavy atom. The van der Waals surface area contributed by atoms with Gasteiger partial charge < -0.3 is 0 Å². The van der Waals surface area contributed by atoms with Crippen molar-refractivity contribution in [1.29, 1.82) is 0 Å². The minimum Gasteiger partial charge on any atom is -0.260 e. The second-order valence-electron chi connectivity index (χ2n) is 5.56. The van der Waals surface area contributed by atoms with Crippen molar-refractivity contribution in [3.63, 3.8) is 0 Å². The minimum absolute atomic E-state index is 0.674. The van der Waals surface area contributed by atoms with Crippen LogP contribution < -0.4 is 5.43 Å². The fourth-order valence-electron chi connectivity index (χ4n) is 2.65. The highest BCUT2D eigenvalue weighted by Gasteiger charge is 2.16. The predicted octanol–water partition coefficient (Wildman–Crippen LogP) is 5.43. The Labute approximate surface area is 155 Å². The summed E-state index contributed by atoms with van der Waals surface area (Å²) < 4.78 is 0. The van der Waals surface area contributed by atoms with E-state index in [4.69, 9.17) is 28.2 Å². The van der Waals surface area contributed by atoms with Crippen LogP contribution in [0.25, 0.3) is 0 Å². The fourth-order valence-corrected chi connectivity index (χ4v) is 2.90. The van der Waals surface area contributed by atoms with Crippen molar-refractivity contribution in [1.82, 2.24) is 5.43 Å². The molecule has 0 fully saturated rings. The van der Waals surface area contributed by atoms with E-state index in [-0.39, 0.29) is 0 Å². The number of hydrazone groups is 1. The standard InChI is InChI=1S/C20H13Cl2N3/c21-15-9-5-13(6-10-15)19-17-3-1-2-4-18(17)23-20(25-24-19)14-7-11-16(22)12-8-14/h1-12H,(H,23,25). The molecule has 0 unspecified atom stereocenters. The number of aliphatic imine (C=N–C) groups is 1. The van der Waals surface area contributed by atoms with Gasteiger partial charge in [0.05, 0.1) is 11.4 Å². The third-order valence-electron chi connectivity index (χ3n) is 3.90. The topological polar surface area (TPSA) is 36.8 Å². The highest BCUT2D eigenvalue weighted by molar-refractivity contribution is 6.31. The quantitative estimate of drug-likeness (QED) is 0.645. The van der Waals surface area contributed by atoms with E-state index in [9.17, 15) is 0 Å². The summed E-state index contributed by atoms with van der Waals surface area (Å²) in [5.74, 6) is 0.674. The van der Waals surface area contributed by atoms with Gasteiger partial charge in [-0.05, 0) is 42.5 Å². The monoisotopic (exact) mass is 365 g/mol. The minimum atomic E-state index is 0.674. The molecule has 1 heterocycles. The molecule has 5 heteroatoms. The van der Waals surface area contributed by atoms with Crippen LogP contribution in [0.2, 0.25) is 10.0 Å². The molecule has 1 aliphatic rings. The van der Waals surface area contributed by atoms with E-state index in [1.165, 1.54) is 0 Å². The lowest BCUT2D eigenvalue weighted by atomic mass is 10.0. The van der Waals surface area contributed by atoms with Crippen molar-refractivity contribution >= 4 is 40.4 Å². The molecule has 3 aromatic carbocycles. The normalized spacial score (nSPS) is 13.2. The molecular formula is C20H13Cl2N3. The van der Waals surface area contributed by atoms with Gasteiger partial charge in [-0.3, -0.25) is 5.43 Å². The Morgan fingerprint density at radius 2 is 1.28 bits per heavy atom. The first-order chi connectivity index (χ1) is 12.2. The lowest BCUT2D eigenvalue weighted by Gasteiger charge is -2.07. The molecule has 3 nitrogen and oxygen atoms in total.